The Bertz CT molecular complexity index is 1080. The van der Waals surface area contributed by atoms with Gasteiger partial charge in [-0.2, -0.15) is 0 Å². The predicted octanol–water partition coefficient (Wildman–Crippen LogP) is 2.46. The Kier molecular flexibility index (Phi) is 7.17. The van der Waals surface area contributed by atoms with Crippen molar-refractivity contribution in [2.45, 2.75) is 23.6 Å². The number of amides is 1. The molecule has 0 bridgehead atoms. The lowest BCUT2D eigenvalue weighted by atomic mass is 10.1. The minimum absolute atomic E-state index is 0.0272. The van der Waals surface area contributed by atoms with Crippen LogP contribution in [0.25, 0.3) is 0 Å². The summed E-state index contributed by atoms with van der Waals surface area (Å²) in [4.78, 5) is 19.3. The molecular formula is C21H25Cl2N3O4S2. The van der Waals surface area contributed by atoms with E-state index >= 15 is 0 Å². The first-order valence-corrected chi connectivity index (χ1v) is 13.8. The number of hydrogen-bond acceptors (Lipinski definition) is 7. The molecule has 1 amide bonds. The zero-order valence-corrected chi connectivity index (χ0v) is 20.7. The van der Waals surface area contributed by atoms with Crippen molar-refractivity contribution in [1.82, 2.24) is 14.7 Å². The first-order valence-electron chi connectivity index (χ1n) is 10.3. The first kappa shape index (κ1) is 23.9. The summed E-state index contributed by atoms with van der Waals surface area (Å²) in [5, 5.41) is 12.7. The summed E-state index contributed by atoms with van der Waals surface area (Å²) >= 11 is 13.2. The van der Waals surface area contributed by atoms with E-state index in [1.807, 2.05) is 24.3 Å². The summed E-state index contributed by atoms with van der Waals surface area (Å²) in [6.45, 7) is 4.78. The van der Waals surface area contributed by atoms with Crippen LogP contribution in [0.3, 0.4) is 0 Å². The highest BCUT2D eigenvalue weighted by atomic mass is 35.5. The van der Waals surface area contributed by atoms with E-state index in [1.165, 1.54) is 10.9 Å². The molecule has 3 heterocycles. The van der Waals surface area contributed by atoms with E-state index in [-0.39, 0.29) is 33.3 Å². The van der Waals surface area contributed by atoms with Gasteiger partial charge in [0.25, 0.3) is 5.91 Å². The second kappa shape index (κ2) is 9.58. The first-order chi connectivity index (χ1) is 15.1. The maximum atomic E-state index is 13.0. The van der Waals surface area contributed by atoms with Gasteiger partial charge in [0.2, 0.25) is 0 Å². The molecule has 2 aliphatic heterocycles. The molecule has 174 valence electrons. The number of halogens is 2. The van der Waals surface area contributed by atoms with Gasteiger partial charge in [-0.25, -0.2) is 8.42 Å². The van der Waals surface area contributed by atoms with Crippen molar-refractivity contribution in [1.29, 1.82) is 0 Å². The standard InChI is InChI=1S/C21H25Cl2N3O4S2/c1-32(29,30)18-13-31-20(19(18)23)21(28)26-11-16(17(27)12-26)25-8-6-24(7-9-25)10-14-2-4-15(22)5-3-14/h2-5,13,16-17,27H,6-12H2,1H3. The van der Waals surface area contributed by atoms with Crippen molar-refractivity contribution in [3.8, 4) is 0 Å². The average molecular weight is 518 g/mol. The smallest absolute Gasteiger partial charge is 0.265 e. The summed E-state index contributed by atoms with van der Waals surface area (Å²) in [6.07, 6.45) is 0.409. The summed E-state index contributed by atoms with van der Waals surface area (Å²) in [7, 11) is -3.50. The number of hydrogen-bond donors (Lipinski definition) is 1. The SMILES string of the molecule is CS(=O)(=O)c1csc(C(=O)N2CC(O)C(N3CCN(Cc4ccc(Cl)cc4)CC3)C2)c1Cl. The van der Waals surface area contributed by atoms with E-state index in [0.29, 0.717) is 6.54 Å². The second-order valence-corrected chi connectivity index (χ2v) is 12.0. The van der Waals surface area contributed by atoms with E-state index in [9.17, 15) is 18.3 Å². The van der Waals surface area contributed by atoms with Gasteiger partial charge in [0.05, 0.1) is 22.1 Å². The molecule has 2 unspecified atom stereocenters. The van der Waals surface area contributed by atoms with Crippen molar-refractivity contribution >= 4 is 50.3 Å². The minimum Gasteiger partial charge on any atom is -0.390 e. The van der Waals surface area contributed by atoms with Crippen molar-refractivity contribution < 1.29 is 18.3 Å². The molecule has 0 spiro atoms. The number of carbonyl (C=O) groups is 1. The van der Waals surface area contributed by atoms with Gasteiger partial charge in [0.1, 0.15) is 4.88 Å². The quantitative estimate of drug-likeness (QED) is 0.655. The van der Waals surface area contributed by atoms with E-state index in [1.54, 1.807) is 4.90 Å². The van der Waals surface area contributed by atoms with Crippen LogP contribution in [-0.4, -0.2) is 91.8 Å². The van der Waals surface area contributed by atoms with Crippen LogP contribution in [0.4, 0.5) is 0 Å². The zero-order chi connectivity index (χ0) is 23.0. The maximum absolute atomic E-state index is 13.0. The van der Waals surface area contributed by atoms with Gasteiger partial charge in [-0.05, 0) is 17.7 Å². The highest BCUT2D eigenvalue weighted by Crippen LogP contribution is 2.33. The van der Waals surface area contributed by atoms with Crippen LogP contribution >= 0.6 is 34.5 Å². The number of benzene rings is 1. The second-order valence-electron chi connectivity index (χ2n) is 8.30. The normalized spacial score (nSPS) is 23.1. The number of piperazine rings is 1. The monoisotopic (exact) mass is 517 g/mol. The number of sulfone groups is 1. The molecule has 11 heteroatoms. The molecule has 7 nitrogen and oxygen atoms in total. The number of rotatable bonds is 5. The third-order valence-corrected chi connectivity index (χ3v) is 9.14. The number of β-amino-alcohol motifs (C(OH)–C–C–N with tert-alkyl or cyclic N) is 1. The molecule has 2 atom stereocenters. The van der Waals surface area contributed by atoms with Crippen LogP contribution in [0.1, 0.15) is 15.2 Å². The van der Waals surface area contributed by atoms with Gasteiger partial charge < -0.3 is 10.0 Å². The van der Waals surface area contributed by atoms with Crippen molar-refractivity contribution in [2.24, 2.45) is 0 Å². The van der Waals surface area contributed by atoms with Gasteiger partial charge in [0, 0.05) is 62.5 Å². The van der Waals surface area contributed by atoms with Gasteiger partial charge in [-0.3, -0.25) is 14.6 Å². The van der Waals surface area contributed by atoms with Gasteiger partial charge >= 0.3 is 0 Å². The summed E-state index contributed by atoms with van der Waals surface area (Å²) in [5.74, 6) is -0.335. The Morgan fingerprint density at radius 2 is 1.78 bits per heavy atom. The molecule has 0 aliphatic carbocycles. The Morgan fingerprint density at radius 3 is 2.38 bits per heavy atom. The lowest BCUT2D eigenvalue weighted by molar-refractivity contribution is 0.0423. The van der Waals surface area contributed by atoms with Crippen molar-refractivity contribution in [3.63, 3.8) is 0 Å². The number of nitrogens with zero attached hydrogens (tertiary/aromatic N) is 3. The number of carbonyl (C=O) groups excluding carboxylic acids is 1. The van der Waals surface area contributed by atoms with Gasteiger partial charge in [0.15, 0.2) is 9.84 Å². The number of aliphatic hydroxyl groups is 1. The molecular weight excluding hydrogens is 493 g/mol. The van der Waals surface area contributed by atoms with Crippen molar-refractivity contribution in [3.05, 3.63) is 50.1 Å². The highest BCUT2D eigenvalue weighted by molar-refractivity contribution is 7.91. The number of thiophene rings is 1. The van der Waals surface area contributed by atoms with E-state index in [0.717, 1.165) is 55.3 Å². The number of aliphatic hydroxyl groups excluding tert-OH is 1. The van der Waals surface area contributed by atoms with Crippen LogP contribution in [0.15, 0.2) is 34.5 Å². The molecule has 1 aromatic heterocycles. The minimum atomic E-state index is -3.50. The molecule has 4 rings (SSSR count). The largest absolute Gasteiger partial charge is 0.390 e. The fourth-order valence-corrected chi connectivity index (χ4v) is 7.26. The predicted molar refractivity (Wildman–Crippen MR) is 126 cm³/mol. The lowest BCUT2D eigenvalue weighted by Gasteiger charge is -2.38. The summed E-state index contributed by atoms with van der Waals surface area (Å²) in [6, 6.07) is 7.71. The molecule has 1 aromatic carbocycles. The molecule has 0 saturated carbocycles. The molecule has 2 aromatic rings. The fraction of sp³-hybridized carbons (Fsp3) is 0.476. The Hall–Kier alpha value is -1.20. The van der Waals surface area contributed by atoms with Crippen LogP contribution in [0.2, 0.25) is 10.0 Å². The third-order valence-electron chi connectivity index (χ3n) is 6.03. The number of likely N-dealkylation sites (tertiary alicyclic amines) is 1. The van der Waals surface area contributed by atoms with Crippen LogP contribution in [0.5, 0.6) is 0 Å². The fourth-order valence-electron chi connectivity index (χ4n) is 4.26. The molecule has 1 N–H and O–H groups in total. The zero-order valence-electron chi connectivity index (χ0n) is 17.6. The van der Waals surface area contributed by atoms with Gasteiger partial charge in [-0.15, -0.1) is 11.3 Å². The summed E-state index contributed by atoms with van der Waals surface area (Å²) in [5.41, 5.74) is 1.21. The third kappa shape index (κ3) is 5.14. The maximum Gasteiger partial charge on any atom is 0.265 e. The van der Waals surface area contributed by atoms with Crippen LogP contribution in [0, 0.1) is 0 Å². The molecule has 0 radical (unpaired) electrons. The Morgan fingerprint density at radius 1 is 1.12 bits per heavy atom. The lowest BCUT2D eigenvalue weighted by Crippen LogP contribution is -2.53. The highest BCUT2D eigenvalue weighted by Gasteiger charge is 2.40. The molecule has 2 saturated heterocycles. The Labute approximate surface area is 202 Å². The van der Waals surface area contributed by atoms with E-state index in [4.69, 9.17) is 23.2 Å². The molecule has 32 heavy (non-hydrogen) atoms. The average Bonchev–Trinajstić information content (AvgIpc) is 3.32. The molecule has 2 aliphatic rings. The Balaban J connectivity index is 1.35. The van der Waals surface area contributed by atoms with Crippen LogP contribution < -0.4 is 0 Å². The van der Waals surface area contributed by atoms with E-state index in [2.05, 4.69) is 9.80 Å². The van der Waals surface area contributed by atoms with Crippen LogP contribution in [-0.2, 0) is 16.4 Å². The topological polar surface area (TPSA) is 81.2 Å². The van der Waals surface area contributed by atoms with Gasteiger partial charge in [-0.1, -0.05) is 35.3 Å². The van der Waals surface area contributed by atoms with Crippen molar-refractivity contribution in [2.75, 3.05) is 45.5 Å². The van der Waals surface area contributed by atoms with E-state index < -0.39 is 15.9 Å². The summed E-state index contributed by atoms with van der Waals surface area (Å²) < 4.78 is 23.6. The molecule has 2 fully saturated rings.